The molecule has 0 spiro atoms. The number of allylic oxidation sites excluding steroid dienone is 2. The van der Waals surface area contributed by atoms with Crippen molar-refractivity contribution in [3.63, 3.8) is 0 Å². The first-order valence-corrected chi connectivity index (χ1v) is 6.35. The van der Waals surface area contributed by atoms with Crippen molar-refractivity contribution in [2.24, 2.45) is 0 Å². The van der Waals surface area contributed by atoms with Gasteiger partial charge in [0.15, 0.2) is 0 Å². The third-order valence-corrected chi connectivity index (χ3v) is 2.25. The molecule has 1 nitrogen and oxygen atoms in total. The van der Waals surface area contributed by atoms with Crippen molar-refractivity contribution in [2.45, 2.75) is 52.4 Å². The van der Waals surface area contributed by atoms with Gasteiger partial charge in [-0.2, -0.15) is 0 Å². The van der Waals surface area contributed by atoms with Gasteiger partial charge in [0.1, 0.15) is 0 Å². The van der Waals surface area contributed by atoms with Crippen LogP contribution in [0.3, 0.4) is 0 Å². The van der Waals surface area contributed by atoms with E-state index in [0.717, 1.165) is 13.1 Å². The summed E-state index contributed by atoms with van der Waals surface area (Å²) in [5, 5.41) is 4.39. The molecule has 0 atom stereocenters. The van der Waals surface area contributed by atoms with E-state index >= 15 is 0 Å². The van der Waals surface area contributed by atoms with E-state index in [4.69, 9.17) is 0 Å². The Morgan fingerprint density at radius 2 is 1.20 bits per heavy atom. The minimum absolute atomic E-state index is 0.877. The van der Waals surface area contributed by atoms with Crippen molar-refractivity contribution in [1.29, 1.82) is 0 Å². The predicted octanol–water partition coefficient (Wildman–Crippen LogP) is 4.08. The number of nitrogens with zero attached hydrogens (tertiary/aromatic N) is 1. The van der Waals surface area contributed by atoms with Gasteiger partial charge in [0, 0.05) is 13.1 Å². The maximum absolute atomic E-state index is 4.39. The van der Waals surface area contributed by atoms with Crippen LogP contribution in [0.5, 0.6) is 0 Å². The molecule has 0 amide bonds. The SMILES string of the molecule is CCCC/C=C/C[N]C/C=C/CCCC. The third-order valence-electron chi connectivity index (χ3n) is 2.25. The second-order valence-corrected chi connectivity index (χ2v) is 3.82. The monoisotopic (exact) mass is 208 g/mol. The first kappa shape index (κ1) is 14.4. The van der Waals surface area contributed by atoms with Crippen LogP contribution in [-0.4, -0.2) is 13.1 Å². The Bertz CT molecular complexity index is 141. The van der Waals surface area contributed by atoms with Gasteiger partial charge in [-0.15, -0.1) is 0 Å². The van der Waals surface area contributed by atoms with Gasteiger partial charge in [0.25, 0.3) is 0 Å². The molecule has 0 aliphatic carbocycles. The normalized spacial score (nSPS) is 11.9. The molecule has 0 aliphatic rings. The van der Waals surface area contributed by atoms with Crippen LogP contribution in [0.25, 0.3) is 0 Å². The fraction of sp³-hybridized carbons (Fsp3) is 0.714. The molecule has 15 heavy (non-hydrogen) atoms. The van der Waals surface area contributed by atoms with Gasteiger partial charge in [0.05, 0.1) is 0 Å². The minimum Gasteiger partial charge on any atom is -0.234 e. The zero-order valence-electron chi connectivity index (χ0n) is 10.4. The maximum Gasteiger partial charge on any atom is 0.0317 e. The fourth-order valence-corrected chi connectivity index (χ4v) is 1.25. The highest BCUT2D eigenvalue weighted by Gasteiger charge is 1.81. The second-order valence-electron chi connectivity index (χ2n) is 3.82. The Balaban J connectivity index is 3.10. The molecule has 1 radical (unpaired) electrons. The van der Waals surface area contributed by atoms with E-state index in [1.807, 2.05) is 0 Å². The van der Waals surface area contributed by atoms with Crippen LogP contribution in [0.4, 0.5) is 0 Å². The van der Waals surface area contributed by atoms with Crippen LogP contribution in [0.15, 0.2) is 24.3 Å². The lowest BCUT2D eigenvalue weighted by atomic mass is 10.2. The lowest BCUT2D eigenvalue weighted by Gasteiger charge is -1.93. The lowest BCUT2D eigenvalue weighted by Crippen LogP contribution is -2.03. The number of hydrogen-bond acceptors (Lipinski definition) is 0. The molecule has 0 heterocycles. The van der Waals surface area contributed by atoms with Gasteiger partial charge in [-0.3, -0.25) is 0 Å². The van der Waals surface area contributed by atoms with Crippen LogP contribution >= 0.6 is 0 Å². The Morgan fingerprint density at radius 1 is 0.733 bits per heavy atom. The van der Waals surface area contributed by atoms with Gasteiger partial charge in [-0.05, 0) is 12.8 Å². The Labute approximate surface area is 95.7 Å². The molecule has 0 saturated heterocycles. The highest BCUT2D eigenvalue weighted by molar-refractivity contribution is 4.87. The molecular formula is C14H26N. The van der Waals surface area contributed by atoms with Gasteiger partial charge in [-0.25, -0.2) is 5.32 Å². The van der Waals surface area contributed by atoms with Crippen LogP contribution in [0, 0.1) is 0 Å². The van der Waals surface area contributed by atoms with E-state index in [9.17, 15) is 0 Å². The summed E-state index contributed by atoms with van der Waals surface area (Å²) in [5.41, 5.74) is 0. The molecular weight excluding hydrogens is 182 g/mol. The van der Waals surface area contributed by atoms with Gasteiger partial charge >= 0.3 is 0 Å². The summed E-state index contributed by atoms with van der Waals surface area (Å²) in [6.45, 7) is 6.20. The highest BCUT2D eigenvalue weighted by Crippen LogP contribution is 1.95. The highest BCUT2D eigenvalue weighted by atomic mass is 14.8. The average molecular weight is 208 g/mol. The summed E-state index contributed by atoms with van der Waals surface area (Å²) in [4.78, 5) is 0. The minimum atomic E-state index is 0.877. The standard InChI is InChI=1S/C14H26N/c1-3-5-7-9-11-13-15-14-12-10-8-6-4-2/h9-12H,3-8,13-14H2,1-2H3/b11-9+,12-10+. The maximum atomic E-state index is 4.39. The van der Waals surface area contributed by atoms with E-state index in [2.05, 4.69) is 43.5 Å². The summed E-state index contributed by atoms with van der Waals surface area (Å²) in [6, 6.07) is 0. The molecule has 0 bridgehead atoms. The van der Waals surface area contributed by atoms with E-state index in [1.54, 1.807) is 0 Å². The van der Waals surface area contributed by atoms with Crippen molar-refractivity contribution in [2.75, 3.05) is 13.1 Å². The molecule has 87 valence electrons. The zero-order valence-corrected chi connectivity index (χ0v) is 10.4. The van der Waals surface area contributed by atoms with Gasteiger partial charge < -0.3 is 0 Å². The zero-order chi connectivity index (χ0) is 11.2. The largest absolute Gasteiger partial charge is 0.234 e. The number of hydrogen-bond donors (Lipinski definition) is 0. The molecule has 0 N–H and O–H groups in total. The van der Waals surface area contributed by atoms with E-state index in [1.165, 1.54) is 38.5 Å². The predicted molar refractivity (Wildman–Crippen MR) is 69.2 cm³/mol. The second kappa shape index (κ2) is 13.4. The summed E-state index contributed by atoms with van der Waals surface area (Å²) in [6.07, 6.45) is 16.4. The summed E-state index contributed by atoms with van der Waals surface area (Å²) >= 11 is 0. The number of rotatable bonds is 10. The van der Waals surface area contributed by atoms with Crippen LogP contribution in [-0.2, 0) is 0 Å². The van der Waals surface area contributed by atoms with E-state index in [0.29, 0.717) is 0 Å². The summed E-state index contributed by atoms with van der Waals surface area (Å²) < 4.78 is 0. The Kier molecular flexibility index (Phi) is 12.9. The first-order chi connectivity index (χ1) is 7.41. The summed E-state index contributed by atoms with van der Waals surface area (Å²) in [5.74, 6) is 0. The summed E-state index contributed by atoms with van der Waals surface area (Å²) in [7, 11) is 0. The van der Waals surface area contributed by atoms with Crippen molar-refractivity contribution < 1.29 is 0 Å². The lowest BCUT2D eigenvalue weighted by molar-refractivity contribution is 0.788. The number of unbranched alkanes of at least 4 members (excludes halogenated alkanes) is 4. The van der Waals surface area contributed by atoms with Crippen LogP contribution in [0.1, 0.15) is 52.4 Å². The fourth-order valence-electron chi connectivity index (χ4n) is 1.25. The van der Waals surface area contributed by atoms with Crippen LogP contribution in [0.2, 0.25) is 0 Å². The molecule has 0 aliphatic heterocycles. The quantitative estimate of drug-likeness (QED) is 0.379. The third kappa shape index (κ3) is 13.4. The van der Waals surface area contributed by atoms with Crippen molar-refractivity contribution >= 4 is 0 Å². The van der Waals surface area contributed by atoms with Crippen molar-refractivity contribution in [3.05, 3.63) is 24.3 Å². The Hall–Kier alpha value is -0.560. The molecule has 0 saturated carbocycles. The van der Waals surface area contributed by atoms with E-state index in [-0.39, 0.29) is 0 Å². The Morgan fingerprint density at radius 3 is 1.60 bits per heavy atom. The molecule has 0 aromatic carbocycles. The first-order valence-electron chi connectivity index (χ1n) is 6.35. The molecule has 1 heteroatoms. The molecule has 0 unspecified atom stereocenters. The molecule has 0 aromatic rings. The van der Waals surface area contributed by atoms with Gasteiger partial charge in [-0.1, -0.05) is 63.8 Å². The van der Waals surface area contributed by atoms with E-state index < -0.39 is 0 Å². The van der Waals surface area contributed by atoms with Crippen molar-refractivity contribution in [1.82, 2.24) is 5.32 Å². The smallest absolute Gasteiger partial charge is 0.0317 e. The molecule has 0 aromatic heterocycles. The van der Waals surface area contributed by atoms with Gasteiger partial charge in [0.2, 0.25) is 0 Å². The molecule has 0 fully saturated rings. The average Bonchev–Trinajstić information content (AvgIpc) is 2.26. The van der Waals surface area contributed by atoms with Crippen LogP contribution < -0.4 is 5.32 Å². The van der Waals surface area contributed by atoms with Crippen molar-refractivity contribution in [3.8, 4) is 0 Å². The topological polar surface area (TPSA) is 14.1 Å². The molecule has 0 rings (SSSR count).